The Morgan fingerprint density at radius 3 is 2.56 bits per heavy atom. The molecule has 1 heterocycles. The monoisotopic (exact) mass is 224 g/mol. The van der Waals surface area contributed by atoms with Gasteiger partial charge in [0.05, 0.1) is 0 Å². The molecule has 1 aliphatic heterocycles. The van der Waals surface area contributed by atoms with Gasteiger partial charge in [-0.15, -0.1) is 0 Å². The zero-order valence-electron chi connectivity index (χ0n) is 10.1. The molecule has 0 aromatic heterocycles. The zero-order valence-corrected chi connectivity index (χ0v) is 10.1. The van der Waals surface area contributed by atoms with Crippen molar-refractivity contribution in [3.05, 3.63) is 0 Å². The fraction of sp³-hybridized carbons (Fsp3) is 0.923. The van der Waals surface area contributed by atoms with E-state index in [2.05, 4.69) is 10.6 Å². The Hall–Kier alpha value is -0.570. The van der Waals surface area contributed by atoms with Gasteiger partial charge in [0.15, 0.2) is 0 Å². The Balaban J connectivity index is 1.76. The average molecular weight is 224 g/mol. The molecule has 3 nitrogen and oxygen atoms in total. The Bertz CT molecular complexity index is 216. The predicted octanol–water partition coefficient (Wildman–Crippen LogP) is 1.82. The maximum atomic E-state index is 12.0. The van der Waals surface area contributed by atoms with Gasteiger partial charge >= 0.3 is 0 Å². The van der Waals surface area contributed by atoms with E-state index in [1.54, 1.807) is 0 Å². The highest BCUT2D eigenvalue weighted by Crippen LogP contribution is 2.24. The van der Waals surface area contributed by atoms with Gasteiger partial charge in [-0.25, -0.2) is 0 Å². The molecule has 1 saturated carbocycles. The summed E-state index contributed by atoms with van der Waals surface area (Å²) in [4.78, 5) is 12.0. The Morgan fingerprint density at radius 1 is 0.938 bits per heavy atom. The third kappa shape index (κ3) is 3.48. The molecule has 1 aliphatic carbocycles. The van der Waals surface area contributed by atoms with Crippen LogP contribution in [-0.2, 0) is 4.79 Å². The first-order valence-electron chi connectivity index (χ1n) is 6.87. The van der Waals surface area contributed by atoms with Crippen molar-refractivity contribution in [2.45, 2.75) is 57.4 Å². The highest BCUT2D eigenvalue weighted by atomic mass is 16.1. The van der Waals surface area contributed by atoms with Crippen LogP contribution in [0.4, 0.5) is 0 Å². The fourth-order valence-electron chi connectivity index (χ4n) is 2.85. The van der Waals surface area contributed by atoms with Gasteiger partial charge in [0.25, 0.3) is 0 Å². The lowest BCUT2D eigenvalue weighted by atomic mass is 9.88. The van der Waals surface area contributed by atoms with Crippen molar-refractivity contribution < 1.29 is 4.79 Å². The minimum absolute atomic E-state index is 0.310. The molecule has 2 rings (SSSR count). The molecule has 1 saturated heterocycles. The van der Waals surface area contributed by atoms with Gasteiger partial charge in [-0.3, -0.25) is 4.79 Å². The predicted molar refractivity (Wildman–Crippen MR) is 65.2 cm³/mol. The first-order chi connectivity index (χ1) is 7.86. The van der Waals surface area contributed by atoms with Crippen molar-refractivity contribution in [1.29, 1.82) is 0 Å². The van der Waals surface area contributed by atoms with Crippen LogP contribution in [0.5, 0.6) is 0 Å². The summed E-state index contributed by atoms with van der Waals surface area (Å²) in [6, 6.07) is 0.421. The minimum Gasteiger partial charge on any atom is -0.353 e. The van der Waals surface area contributed by atoms with Gasteiger partial charge in [-0.1, -0.05) is 19.3 Å². The third-order valence-electron chi connectivity index (χ3n) is 3.90. The molecule has 1 amide bonds. The Morgan fingerprint density at radius 2 is 1.75 bits per heavy atom. The second-order valence-corrected chi connectivity index (χ2v) is 5.22. The van der Waals surface area contributed by atoms with E-state index in [9.17, 15) is 4.79 Å². The normalized spacial score (nSPS) is 28.4. The van der Waals surface area contributed by atoms with Crippen LogP contribution in [0.25, 0.3) is 0 Å². The van der Waals surface area contributed by atoms with E-state index in [0.717, 1.165) is 38.8 Å². The topological polar surface area (TPSA) is 41.1 Å². The molecule has 1 unspecified atom stereocenters. The number of hydrogen-bond donors (Lipinski definition) is 2. The molecule has 92 valence electrons. The molecule has 16 heavy (non-hydrogen) atoms. The Kier molecular flexibility index (Phi) is 4.64. The molecule has 0 radical (unpaired) electrons. The summed E-state index contributed by atoms with van der Waals surface area (Å²) < 4.78 is 0. The van der Waals surface area contributed by atoms with E-state index >= 15 is 0 Å². The van der Waals surface area contributed by atoms with E-state index in [4.69, 9.17) is 0 Å². The summed E-state index contributed by atoms with van der Waals surface area (Å²) in [7, 11) is 0. The largest absolute Gasteiger partial charge is 0.353 e. The van der Waals surface area contributed by atoms with Crippen LogP contribution in [0.15, 0.2) is 0 Å². The van der Waals surface area contributed by atoms with Crippen molar-refractivity contribution in [2.75, 3.05) is 13.1 Å². The maximum absolute atomic E-state index is 12.0. The van der Waals surface area contributed by atoms with E-state index in [1.165, 1.54) is 25.7 Å². The van der Waals surface area contributed by atoms with Crippen LogP contribution in [0.1, 0.15) is 51.4 Å². The number of hydrogen-bond acceptors (Lipinski definition) is 2. The Labute approximate surface area is 98.4 Å². The molecule has 2 N–H and O–H groups in total. The van der Waals surface area contributed by atoms with Crippen molar-refractivity contribution in [3.8, 4) is 0 Å². The van der Waals surface area contributed by atoms with Crippen molar-refractivity contribution in [3.63, 3.8) is 0 Å². The summed E-state index contributed by atoms with van der Waals surface area (Å²) in [5, 5.41) is 6.63. The van der Waals surface area contributed by atoms with Gasteiger partial charge < -0.3 is 10.6 Å². The molecule has 2 aliphatic rings. The molecular weight excluding hydrogens is 200 g/mol. The van der Waals surface area contributed by atoms with Crippen molar-refractivity contribution >= 4 is 5.91 Å². The van der Waals surface area contributed by atoms with E-state index in [1.807, 2.05) is 0 Å². The number of rotatable bonds is 2. The summed E-state index contributed by atoms with van der Waals surface area (Å²) in [6.07, 6.45) is 9.44. The molecule has 0 aromatic rings. The van der Waals surface area contributed by atoms with Crippen LogP contribution in [0.3, 0.4) is 0 Å². The van der Waals surface area contributed by atoms with Gasteiger partial charge in [-0.05, 0) is 45.2 Å². The standard InChI is InChI=1S/C13H24N2O/c16-13(11-5-2-1-3-6-11)15-12-7-4-9-14-10-8-12/h11-12,14H,1-10H2,(H,15,16). The average Bonchev–Trinajstić information content (AvgIpc) is 2.59. The van der Waals surface area contributed by atoms with Gasteiger partial charge in [-0.2, -0.15) is 0 Å². The van der Waals surface area contributed by atoms with Crippen molar-refractivity contribution in [1.82, 2.24) is 10.6 Å². The van der Waals surface area contributed by atoms with E-state index in [-0.39, 0.29) is 0 Å². The summed E-state index contributed by atoms with van der Waals surface area (Å²) >= 11 is 0. The number of carbonyl (C=O) groups excluding carboxylic acids is 1. The van der Waals surface area contributed by atoms with Crippen LogP contribution in [0.2, 0.25) is 0 Å². The molecule has 0 aromatic carbocycles. The van der Waals surface area contributed by atoms with Crippen molar-refractivity contribution in [2.24, 2.45) is 5.92 Å². The van der Waals surface area contributed by atoms with Crippen LogP contribution >= 0.6 is 0 Å². The number of nitrogens with one attached hydrogen (secondary N) is 2. The SMILES string of the molecule is O=C(NC1CCCNCC1)C1CCCCC1. The maximum Gasteiger partial charge on any atom is 0.223 e. The molecular formula is C13H24N2O. The lowest BCUT2D eigenvalue weighted by molar-refractivity contribution is -0.126. The summed E-state index contributed by atoms with van der Waals surface area (Å²) in [5.41, 5.74) is 0. The molecule has 1 atom stereocenters. The van der Waals surface area contributed by atoms with Gasteiger partial charge in [0.2, 0.25) is 5.91 Å². The van der Waals surface area contributed by atoms with Crippen LogP contribution < -0.4 is 10.6 Å². The lowest BCUT2D eigenvalue weighted by Gasteiger charge is -2.24. The molecule has 3 heteroatoms. The van der Waals surface area contributed by atoms with Gasteiger partial charge in [0.1, 0.15) is 0 Å². The van der Waals surface area contributed by atoms with Crippen LogP contribution in [0, 0.1) is 5.92 Å². The first-order valence-corrected chi connectivity index (χ1v) is 6.87. The highest BCUT2D eigenvalue weighted by molar-refractivity contribution is 5.79. The quantitative estimate of drug-likeness (QED) is 0.751. The summed E-state index contributed by atoms with van der Waals surface area (Å²) in [5.74, 6) is 0.636. The molecule has 2 fully saturated rings. The smallest absolute Gasteiger partial charge is 0.223 e. The minimum atomic E-state index is 0.310. The first kappa shape index (κ1) is 11.9. The second kappa shape index (κ2) is 6.24. The highest BCUT2D eigenvalue weighted by Gasteiger charge is 2.23. The fourth-order valence-corrected chi connectivity index (χ4v) is 2.85. The second-order valence-electron chi connectivity index (χ2n) is 5.22. The number of carbonyl (C=O) groups is 1. The molecule has 0 spiro atoms. The van der Waals surface area contributed by atoms with E-state index in [0.29, 0.717) is 17.9 Å². The van der Waals surface area contributed by atoms with Crippen LogP contribution in [-0.4, -0.2) is 25.0 Å². The third-order valence-corrected chi connectivity index (χ3v) is 3.90. The summed E-state index contributed by atoms with van der Waals surface area (Å²) in [6.45, 7) is 2.16. The molecule has 0 bridgehead atoms. The van der Waals surface area contributed by atoms with E-state index < -0.39 is 0 Å². The van der Waals surface area contributed by atoms with Gasteiger partial charge in [0, 0.05) is 12.0 Å². The number of amides is 1. The lowest BCUT2D eigenvalue weighted by Crippen LogP contribution is -2.39. The zero-order chi connectivity index (χ0) is 11.2.